The second-order valence-corrected chi connectivity index (χ2v) is 17.1. The van der Waals surface area contributed by atoms with E-state index in [9.17, 15) is 14.4 Å². The van der Waals surface area contributed by atoms with Gasteiger partial charge in [0.2, 0.25) is 0 Å². The number of allylic oxidation sites excluding steroid dienone is 6. The second-order valence-electron chi connectivity index (χ2n) is 17.1. The third kappa shape index (κ3) is 46.5. The van der Waals surface area contributed by atoms with E-state index in [1.165, 1.54) is 148 Å². The zero-order valence-electron chi connectivity index (χ0n) is 39.3. The largest absolute Gasteiger partial charge is 0.462 e. The van der Waals surface area contributed by atoms with E-state index in [0.717, 1.165) is 77.0 Å². The van der Waals surface area contributed by atoms with Crippen LogP contribution in [0.25, 0.3) is 0 Å². The fourth-order valence-electron chi connectivity index (χ4n) is 7.23. The van der Waals surface area contributed by atoms with Gasteiger partial charge in [0.1, 0.15) is 13.2 Å². The zero-order chi connectivity index (χ0) is 43.0. The van der Waals surface area contributed by atoms with Crippen LogP contribution in [0.4, 0.5) is 0 Å². The average Bonchev–Trinajstić information content (AvgIpc) is 3.23. The minimum Gasteiger partial charge on any atom is -0.462 e. The average molecular weight is 829 g/mol. The van der Waals surface area contributed by atoms with Gasteiger partial charge in [-0.2, -0.15) is 0 Å². The first-order valence-corrected chi connectivity index (χ1v) is 25.5. The summed E-state index contributed by atoms with van der Waals surface area (Å²) >= 11 is 0. The first-order chi connectivity index (χ1) is 29.0. The van der Waals surface area contributed by atoms with Crippen LogP contribution in [0.3, 0.4) is 0 Å². The molecule has 0 amide bonds. The molecule has 6 heteroatoms. The molecule has 0 fully saturated rings. The van der Waals surface area contributed by atoms with Crippen molar-refractivity contribution in [3.8, 4) is 0 Å². The Kier molecular flexibility index (Phi) is 46.4. The molecule has 6 nitrogen and oxygen atoms in total. The van der Waals surface area contributed by atoms with Gasteiger partial charge in [0.15, 0.2) is 6.10 Å². The van der Waals surface area contributed by atoms with Gasteiger partial charge in [-0.25, -0.2) is 0 Å². The highest BCUT2D eigenvalue weighted by molar-refractivity contribution is 5.71. The number of ether oxygens (including phenoxy) is 3. The van der Waals surface area contributed by atoms with Crippen LogP contribution < -0.4 is 0 Å². The standard InChI is InChI=1S/C53H96O6/c1-4-7-10-13-16-18-20-22-23-24-25-26-27-28-29-30-31-32-34-35-37-40-43-46-52(55)58-49-50(48-57-51(54)45-42-39-15-12-9-6-3)59-53(56)47-44-41-38-36-33-21-19-17-14-11-8-5-2/h17,19-20,22,24-25,50H,4-16,18,21,23,26-49H2,1-3H3/b19-17-,22-20-,25-24-. The molecule has 0 aromatic carbocycles. The molecule has 0 saturated heterocycles. The number of unbranched alkanes of at least 4 members (excludes halogenated alkanes) is 29. The number of hydrogen-bond acceptors (Lipinski definition) is 6. The molecule has 0 N–H and O–H groups in total. The van der Waals surface area contributed by atoms with Crippen molar-refractivity contribution in [2.45, 2.75) is 271 Å². The summed E-state index contributed by atoms with van der Waals surface area (Å²) < 4.78 is 16.7. The normalized spacial score (nSPS) is 12.3. The van der Waals surface area contributed by atoms with Gasteiger partial charge in [-0.05, 0) is 77.0 Å². The van der Waals surface area contributed by atoms with Crippen molar-refractivity contribution >= 4 is 17.9 Å². The van der Waals surface area contributed by atoms with E-state index in [1.54, 1.807) is 0 Å². The first kappa shape index (κ1) is 56.6. The molecule has 0 aromatic heterocycles. The van der Waals surface area contributed by atoms with Gasteiger partial charge in [-0.3, -0.25) is 14.4 Å². The molecule has 0 aliphatic carbocycles. The number of carbonyl (C=O) groups excluding carboxylic acids is 3. The summed E-state index contributed by atoms with van der Waals surface area (Å²) in [7, 11) is 0. The van der Waals surface area contributed by atoms with Crippen LogP contribution in [0.5, 0.6) is 0 Å². The maximum absolute atomic E-state index is 12.7. The van der Waals surface area contributed by atoms with Crippen LogP contribution in [0.15, 0.2) is 36.5 Å². The van der Waals surface area contributed by atoms with Crippen LogP contribution in [-0.2, 0) is 28.6 Å². The third-order valence-corrected chi connectivity index (χ3v) is 11.1. The van der Waals surface area contributed by atoms with Crippen LogP contribution >= 0.6 is 0 Å². The summed E-state index contributed by atoms with van der Waals surface area (Å²) in [4.78, 5) is 37.6. The minimum atomic E-state index is -0.770. The Morgan fingerprint density at radius 1 is 0.339 bits per heavy atom. The molecule has 0 aromatic rings. The summed E-state index contributed by atoms with van der Waals surface area (Å²) in [6.45, 7) is 6.54. The Morgan fingerprint density at radius 3 is 0.983 bits per heavy atom. The maximum Gasteiger partial charge on any atom is 0.306 e. The molecule has 344 valence electrons. The monoisotopic (exact) mass is 829 g/mol. The molecule has 0 rings (SSSR count). The van der Waals surface area contributed by atoms with Gasteiger partial charge in [-0.1, -0.05) is 205 Å². The Morgan fingerprint density at radius 2 is 0.610 bits per heavy atom. The highest BCUT2D eigenvalue weighted by Crippen LogP contribution is 2.15. The second kappa shape index (κ2) is 48.3. The summed E-state index contributed by atoms with van der Waals surface area (Å²) in [5.41, 5.74) is 0. The van der Waals surface area contributed by atoms with Gasteiger partial charge < -0.3 is 14.2 Å². The molecule has 59 heavy (non-hydrogen) atoms. The van der Waals surface area contributed by atoms with Crippen LogP contribution in [0.1, 0.15) is 265 Å². The van der Waals surface area contributed by atoms with Crippen LogP contribution in [-0.4, -0.2) is 37.2 Å². The highest BCUT2D eigenvalue weighted by Gasteiger charge is 2.19. The molecule has 0 spiro atoms. The highest BCUT2D eigenvalue weighted by atomic mass is 16.6. The summed E-state index contributed by atoms with van der Waals surface area (Å²) in [6.07, 6.45) is 55.9. The third-order valence-electron chi connectivity index (χ3n) is 11.1. The molecule has 1 atom stereocenters. The molecule has 1 unspecified atom stereocenters. The van der Waals surface area contributed by atoms with E-state index in [4.69, 9.17) is 14.2 Å². The van der Waals surface area contributed by atoms with Crippen molar-refractivity contribution in [3.63, 3.8) is 0 Å². The lowest BCUT2D eigenvalue weighted by Gasteiger charge is -2.18. The number of esters is 3. The van der Waals surface area contributed by atoms with Gasteiger partial charge >= 0.3 is 17.9 Å². The van der Waals surface area contributed by atoms with Crippen LogP contribution in [0.2, 0.25) is 0 Å². The van der Waals surface area contributed by atoms with Crippen molar-refractivity contribution in [2.75, 3.05) is 13.2 Å². The number of hydrogen-bond donors (Lipinski definition) is 0. The fraction of sp³-hybridized carbons (Fsp3) is 0.830. The smallest absolute Gasteiger partial charge is 0.306 e. The van der Waals surface area contributed by atoms with Gasteiger partial charge in [0.05, 0.1) is 0 Å². The van der Waals surface area contributed by atoms with E-state index < -0.39 is 6.10 Å². The SMILES string of the molecule is CCCCC/C=C\CCCCCCCC(=O)OC(COC(=O)CCCCCCCC)COC(=O)CCCCCCCCCCCCC/C=C\C/C=C\CCCCCCC. The molecule has 0 aliphatic heterocycles. The van der Waals surface area contributed by atoms with Gasteiger partial charge in [0.25, 0.3) is 0 Å². The number of rotatable bonds is 46. The fourth-order valence-corrected chi connectivity index (χ4v) is 7.23. The van der Waals surface area contributed by atoms with E-state index >= 15 is 0 Å². The van der Waals surface area contributed by atoms with Gasteiger partial charge in [0, 0.05) is 19.3 Å². The Bertz CT molecular complexity index is 1000. The lowest BCUT2D eigenvalue weighted by atomic mass is 10.0. The Hall–Kier alpha value is -2.37. The van der Waals surface area contributed by atoms with Crippen molar-refractivity contribution in [1.29, 1.82) is 0 Å². The Labute approximate surface area is 365 Å². The topological polar surface area (TPSA) is 78.9 Å². The van der Waals surface area contributed by atoms with E-state index in [-0.39, 0.29) is 31.1 Å². The minimum absolute atomic E-state index is 0.0749. The Balaban J connectivity index is 4.12. The van der Waals surface area contributed by atoms with E-state index in [0.29, 0.717) is 19.3 Å². The molecule has 0 bridgehead atoms. The first-order valence-electron chi connectivity index (χ1n) is 25.5. The summed E-state index contributed by atoms with van der Waals surface area (Å²) in [6, 6.07) is 0. The lowest BCUT2D eigenvalue weighted by molar-refractivity contribution is -0.167. The molecule has 0 saturated carbocycles. The van der Waals surface area contributed by atoms with Gasteiger partial charge in [-0.15, -0.1) is 0 Å². The lowest BCUT2D eigenvalue weighted by Crippen LogP contribution is -2.30. The van der Waals surface area contributed by atoms with E-state index in [1.807, 2.05) is 0 Å². The zero-order valence-corrected chi connectivity index (χ0v) is 39.3. The molecular weight excluding hydrogens is 733 g/mol. The summed E-state index contributed by atoms with van der Waals surface area (Å²) in [5.74, 6) is -0.890. The molecular formula is C53H96O6. The van der Waals surface area contributed by atoms with Crippen molar-refractivity contribution < 1.29 is 28.6 Å². The maximum atomic E-state index is 12.7. The molecule has 0 radical (unpaired) electrons. The summed E-state index contributed by atoms with van der Waals surface area (Å²) in [5, 5.41) is 0. The molecule has 0 aliphatic rings. The van der Waals surface area contributed by atoms with Crippen molar-refractivity contribution in [2.24, 2.45) is 0 Å². The van der Waals surface area contributed by atoms with Crippen molar-refractivity contribution in [3.05, 3.63) is 36.5 Å². The quantitative estimate of drug-likeness (QED) is 0.0263. The number of carbonyl (C=O) groups is 3. The van der Waals surface area contributed by atoms with E-state index in [2.05, 4.69) is 57.2 Å². The predicted molar refractivity (Wildman–Crippen MR) is 252 cm³/mol. The molecule has 0 heterocycles. The predicted octanol–water partition coefficient (Wildman–Crippen LogP) is 16.5. The van der Waals surface area contributed by atoms with Crippen LogP contribution in [0, 0.1) is 0 Å². The van der Waals surface area contributed by atoms with Crippen molar-refractivity contribution in [1.82, 2.24) is 0 Å².